The summed E-state index contributed by atoms with van der Waals surface area (Å²) in [5, 5.41) is 4.53. The van der Waals surface area contributed by atoms with E-state index in [1.54, 1.807) is 5.01 Å². The van der Waals surface area contributed by atoms with Crippen LogP contribution < -0.4 is 10.7 Å². The van der Waals surface area contributed by atoms with Crippen molar-refractivity contribution >= 4 is 11.8 Å². The highest BCUT2D eigenvalue weighted by Crippen LogP contribution is 2.08. The smallest absolute Gasteiger partial charge is 0.236 e. The maximum absolute atomic E-state index is 11.8. The Balaban J connectivity index is 1.80. The first-order valence-electron chi connectivity index (χ1n) is 6.43. The third-order valence-corrected chi connectivity index (χ3v) is 3.17. The Hall–Kier alpha value is -1.88. The Morgan fingerprint density at radius 1 is 1.53 bits per heavy atom. The monoisotopic (exact) mass is 261 g/mol. The van der Waals surface area contributed by atoms with E-state index in [1.807, 2.05) is 38.1 Å². The average molecular weight is 261 g/mol. The molecule has 1 aliphatic rings. The summed E-state index contributed by atoms with van der Waals surface area (Å²) >= 11 is 0. The van der Waals surface area contributed by atoms with E-state index in [2.05, 4.69) is 10.7 Å². The number of nitrogens with zero attached hydrogens (tertiary/aromatic N) is 1. The van der Waals surface area contributed by atoms with E-state index in [0.29, 0.717) is 13.0 Å². The van der Waals surface area contributed by atoms with Gasteiger partial charge in [-0.1, -0.05) is 29.8 Å². The molecule has 1 fully saturated rings. The van der Waals surface area contributed by atoms with Gasteiger partial charge in [0.05, 0.1) is 6.54 Å². The number of nitrogens with one attached hydrogen (secondary N) is 2. The summed E-state index contributed by atoms with van der Waals surface area (Å²) < 4.78 is 0. The number of carbonyl (C=O) groups excluding carboxylic acids is 2. The van der Waals surface area contributed by atoms with Gasteiger partial charge in [0.2, 0.25) is 11.8 Å². The predicted molar refractivity (Wildman–Crippen MR) is 72.0 cm³/mol. The van der Waals surface area contributed by atoms with E-state index < -0.39 is 0 Å². The van der Waals surface area contributed by atoms with Crippen molar-refractivity contribution in [2.45, 2.75) is 32.9 Å². The van der Waals surface area contributed by atoms with Crippen molar-refractivity contribution in [3.63, 3.8) is 0 Å². The zero-order valence-electron chi connectivity index (χ0n) is 11.3. The van der Waals surface area contributed by atoms with Crippen LogP contribution in [-0.4, -0.2) is 29.4 Å². The third kappa shape index (κ3) is 3.79. The zero-order valence-corrected chi connectivity index (χ0v) is 11.3. The van der Waals surface area contributed by atoms with E-state index in [0.717, 1.165) is 5.56 Å². The quantitative estimate of drug-likeness (QED) is 0.840. The van der Waals surface area contributed by atoms with Crippen LogP contribution in [-0.2, 0) is 16.1 Å². The predicted octanol–water partition coefficient (Wildman–Crippen LogP) is 0.737. The molecule has 2 N–H and O–H groups in total. The van der Waals surface area contributed by atoms with Crippen LogP contribution in [0.4, 0.5) is 0 Å². The van der Waals surface area contributed by atoms with Gasteiger partial charge >= 0.3 is 0 Å². The fourth-order valence-electron chi connectivity index (χ4n) is 2.12. The molecule has 0 aliphatic carbocycles. The van der Waals surface area contributed by atoms with Crippen LogP contribution in [0.5, 0.6) is 0 Å². The highest BCUT2D eigenvalue weighted by Gasteiger charge is 2.27. The molecular formula is C14H19N3O2. The average Bonchev–Trinajstić information content (AvgIpc) is 2.65. The number of aryl methyl sites for hydroxylation is 1. The molecule has 1 saturated heterocycles. The van der Waals surface area contributed by atoms with Gasteiger partial charge < -0.3 is 5.32 Å². The lowest BCUT2D eigenvalue weighted by atomic mass is 10.1. The molecule has 0 unspecified atom stereocenters. The molecule has 1 aromatic carbocycles. The van der Waals surface area contributed by atoms with E-state index in [9.17, 15) is 9.59 Å². The molecule has 0 spiro atoms. The van der Waals surface area contributed by atoms with Gasteiger partial charge in [0.25, 0.3) is 0 Å². The first-order valence-corrected chi connectivity index (χ1v) is 6.43. The standard InChI is InChI=1S/C14H19N3O2/c1-10-4-3-5-12(6-10)8-15-14(19)9-17-11(2)7-13(18)16-17/h3-6,11H,7-9H2,1-2H3,(H,15,19)(H,16,18)/t11-/m0/s1. The van der Waals surface area contributed by atoms with Gasteiger partial charge in [-0.05, 0) is 19.4 Å². The van der Waals surface area contributed by atoms with Crippen molar-refractivity contribution in [3.05, 3.63) is 35.4 Å². The van der Waals surface area contributed by atoms with Crippen molar-refractivity contribution in [2.24, 2.45) is 0 Å². The second-order valence-electron chi connectivity index (χ2n) is 4.98. The maximum atomic E-state index is 11.8. The van der Waals surface area contributed by atoms with Gasteiger partial charge in [-0.2, -0.15) is 0 Å². The van der Waals surface area contributed by atoms with E-state index >= 15 is 0 Å². The van der Waals surface area contributed by atoms with Crippen molar-refractivity contribution in [2.75, 3.05) is 6.54 Å². The summed E-state index contributed by atoms with van der Waals surface area (Å²) in [6.45, 7) is 4.65. The summed E-state index contributed by atoms with van der Waals surface area (Å²) in [5.41, 5.74) is 4.92. The number of benzene rings is 1. The van der Waals surface area contributed by atoms with Crippen molar-refractivity contribution < 1.29 is 9.59 Å². The Morgan fingerprint density at radius 3 is 2.95 bits per heavy atom. The van der Waals surface area contributed by atoms with Gasteiger partial charge in [0.15, 0.2) is 0 Å². The molecule has 19 heavy (non-hydrogen) atoms. The number of hydrogen-bond donors (Lipinski definition) is 2. The maximum Gasteiger partial charge on any atom is 0.236 e. The summed E-state index contributed by atoms with van der Waals surface area (Å²) in [6, 6.07) is 8.08. The van der Waals surface area contributed by atoms with Crippen LogP contribution in [0, 0.1) is 6.92 Å². The molecule has 0 aromatic heterocycles. The van der Waals surface area contributed by atoms with Gasteiger partial charge in [-0.3, -0.25) is 15.0 Å². The zero-order chi connectivity index (χ0) is 13.8. The van der Waals surface area contributed by atoms with Gasteiger partial charge in [-0.25, -0.2) is 5.01 Å². The van der Waals surface area contributed by atoms with Crippen molar-refractivity contribution in [1.82, 2.24) is 15.8 Å². The highest BCUT2D eigenvalue weighted by atomic mass is 16.2. The minimum atomic E-state index is -0.0874. The Bertz CT molecular complexity index is 487. The molecule has 1 aliphatic heterocycles. The van der Waals surface area contributed by atoms with E-state index in [4.69, 9.17) is 0 Å². The minimum absolute atomic E-state index is 0.0287. The summed E-state index contributed by atoms with van der Waals surface area (Å²) in [7, 11) is 0. The van der Waals surface area contributed by atoms with Gasteiger partial charge in [-0.15, -0.1) is 0 Å². The third-order valence-electron chi connectivity index (χ3n) is 3.17. The lowest BCUT2D eigenvalue weighted by Gasteiger charge is -2.19. The first kappa shape index (κ1) is 13.5. The molecular weight excluding hydrogens is 242 g/mol. The number of hydrazine groups is 1. The molecule has 102 valence electrons. The fraction of sp³-hybridized carbons (Fsp3) is 0.429. The summed E-state index contributed by atoms with van der Waals surface area (Å²) in [6.07, 6.45) is 0.450. The molecule has 2 amide bonds. The Labute approximate surface area is 112 Å². The van der Waals surface area contributed by atoms with Crippen LogP contribution >= 0.6 is 0 Å². The lowest BCUT2D eigenvalue weighted by molar-refractivity contribution is -0.124. The van der Waals surface area contributed by atoms with Crippen LogP contribution in [0.3, 0.4) is 0 Å². The molecule has 1 aromatic rings. The number of carbonyl (C=O) groups is 2. The minimum Gasteiger partial charge on any atom is -0.351 e. The Morgan fingerprint density at radius 2 is 2.32 bits per heavy atom. The molecule has 0 saturated carbocycles. The fourth-order valence-corrected chi connectivity index (χ4v) is 2.12. The molecule has 5 heteroatoms. The van der Waals surface area contributed by atoms with Gasteiger partial charge in [0, 0.05) is 19.0 Å². The largest absolute Gasteiger partial charge is 0.351 e. The van der Waals surface area contributed by atoms with E-state index in [-0.39, 0.29) is 24.4 Å². The van der Waals surface area contributed by atoms with Gasteiger partial charge in [0.1, 0.15) is 0 Å². The second-order valence-corrected chi connectivity index (χ2v) is 4.98. The summed E-state index contributed by atoms with van der Waals surface area (Å²) in [4.78, 5) is 23.0. The lowest BCUT2D eigenvalue weighted by Crippen LogP contribution is -2.44. The first-order chi connectivity index (χ1) is 9.04. The topological polar surface area (TPSA) is 61.4 Å². The van der Waals surface area contributed by atoms with Crippen molar-refractivity contribution in [3.8, 4) is 0 Å². The van der Waals surface area contributed by atoms with Crippen LogP contribution in [0.25, 0.3) is 0 Å². The molecule has 1 heterocycles. The van der Waals surface area contributed by atoms with Crippen LogP contribution in [0.1, 0.15) is 24.5 Å². The SMILES string of the molecule is Cc1cccc(CNC(=O)CN2NC(=O)C[C@@H]2C)c1. The molecule has 2 rings (SSSR count). The molecule has 0 bridgehead atoms. The number of rotatable bonds is 4. The Kier molecular flexibility index (Phi) is 4.16. The molecule has 5 nitrogen and oxygen atoms in total. The van der Waals surface area contributed by atoms with Crippen LogP contribution in [0.2, 0.25) is 0 Å². The summed E-state index contributed by atoms with van der Waals surface area (Å²) in [5.74, 6) is -0.116. The second kappa shape index (κ2) is 5.84. The van der Waals surface area contributed by atoms with Crippen LogP contribution in [0.15, 0.2) is 24.3 Å². The van der Waals surface area contributed by atoms with Crippen molar-refractivity contribution in [1.29, 1.82) is 0 Å². The number of hydrogen-bond acceptors (Lipinski definition) is 3. The normalized spacial score (nSPS) is 19.3. The molecule has 1 atom stereocenters. The van der Waals surface area contributed by atoms with E-state index in [1.165, 1.54) is 5.56 Å². The number of amides is 2. The molecule has 0 radical (unpaired) electrons. The highest BCUT2D eigenvalue weighted by molar-refractivity contribution is 5.81.